The number of rotatable bonds is 13. The van der Waals surface area contributed by atoms with Gasteiger partial charge in [-0.3, -0.25) is 0 Å². The number of fused-ring (bicyclic) bond motifs is 16. The number of nitrogens with zero attached hydrogens (tertiary/aromatic N) is 10. The first kappa shape index (κ1) is 88.7. The highest BCUT2D eigenvalue weighted by atomic mass is 19.1. The van der Waals surface area contributed by atoms with E-state index >= 15 is 0 Å². The van der Waals surface area contributed by atoms with Gasteiger partial charge in [0.2, 0.25) is 50.8 Å². The van der Waals surface area contributed by atoms with E-state index in [1.807, 2.05) is 235 Å². The maximum atomic E-state index is 14.3. The van der Waals surface area contributed by atoms with Gasteiger partial charge in [0.15, 0.2) is 27.8 Å². The summed E-state index contributed by atoms with van der Waals surface area (Å²) >= 11 is 0. The second-order valence-electron chi connectivity index (χ2n) is 40.2. The summed E-state index contributed by atoms with van der Waals surface area (Å²) in [6.45, 7) is 39.8. The van der Waals surface area contributed by atoms with Crippen molar-refractivity contribution in [1.82, 2.24) is 24.9 Å². The molecular weight excluding hydrogens is 1750 g/mol. The average molecular weight is 1890 g/mol. The van der Waals surface area contributed by atoms with Gasteiger partial charge in [0, 0.05) is 123 Å². The second-order valence-corrected chi connectivity index (χ2v) is 40.2. The Kier molecular flexibility index (Phi) is 24.6. The van der Waals surface area contributed by atoms with Gasteiger partial charge in [0.1, 0.15) is 44.2 Å². The van der Waals surface area contributed by atoms with E-state index in [2.05, 4.69) is 213 Å². The lowest BCUT2D eigenvalue weighted by molar-refractivity contribution is -0.662. The van der Waals surface area contributed by atoms with Crippen LogP contribution in [0.1, 0.15) is 166 Å². The van der Waals surface area contributed by atoms with E-state index < -0.39 is 19.6 Å². The smallest absolute Gasteiger partial charge is 0.287 e. The molecule has 0 saturated carbocycles. The molecule has 0 amide bonds. The maximum absolute atomic E-state index is 14.3. The summed E-state index contributed by atoms with van der Waals surface area (Å²) in [6.07, 6.45) is 2.86. The lowest BCUT2D eigenvalue weighted by Gasteiger charge is -2.14. The molecule has 11 heterocycles. The fourth-order valence-electron chi connectivity index (χ4n) is 20.8. The van der Waals surface area contributed by atoms with E-state index in [4.69, 9.17) is 27.8 Å². The highest BCUT2D eigenvalue weighted by molar-refractivity contribution is 6.23. The largest absolute Gasteiger partial charge is 0.437 e. The summed E-state index contributed by atoms with van der Waals surface area (Å²) in [5.74, 6) is 0.681. The summed E-state index contributed by atoms with van der Waals surface area (Å²) < 4.78 is 117. The summed E-state index contributed by atoms with van der Waals surface area (Å²) in [5.41, 5.74) is 35.5. The molecule has 0 unspecified atom stereocenters. The Morgan fingerprint density at radius 1 is 0.317 bits per heavy atom. The van der Waals surface area contributed by atoms with Gasteiger partial charge < -0.3 is 13.3 Å². The SMILES string of the molecule is Cc1cc(-c2c3ccc(CC(C)C)cc3nc[n+]2C)c(C)c(C)c1F.Cc1cc(-c2c3ccccc3nc[n+]2C)c(C)c(C)c1F.Cc1ccc2c(n1)oc1c(-c3ccc4c(CC(C)C)cccc4[n+]3C)c(C)c(C)cc12.[2H]C([2H])([2H])c1cc2c(oc3nc(C)ccc32)c(-c2ccc3c(C([2H])([2H])C(C)C)cccc3[n+]2C)c1C.[2H]C([2H])(c1cccc2c1ccc(-c1c(C)c3ccccc3c3c1oc1nc(C)ccc13)[n+]2C)C(C)C. The van der Waals surface area contributed by atoms with Crippen molar-refractivity contribution in [3.8, 4) is 56.3 Å². The van der Waals surface area contributed by atoms with Crippen LogP contribution in [0.3, 0.4) is 0 Å². The molecule has 0 spiro atoms. The molecule has 22 aromatic rings. The maximum Gasteiger partial charge on any atom is 0.287 e. The zero-order valence-electron chi connectivity index (χ0n) is 93.6. The third-order valence-electron chi connectivity index (χ3n) is 28.3. The monoisotopic (exact) mass is 1890 g/mol. The van der Waals surface area contributed by atoms with Crippen LogP contribution in [0.15, 0.2) is 244 Å². The summed E-state index contributed by atoms with van der Waals surface area (Å²) in [6, 6.07) is 73.8. The topological polar surface area (TPSA) is 123 Å². The van der Waals surface area contributed by atoms with Crippen molar-refractivity contribution in [2.75, 3.05) is 0 Å². The van der Waals surface area contributed by atoms with Gasteiger partial charge in [-0.1, -0.05) is 134 Å². The van der Waals surface area contributed by atoms with Crippen LogP contribution < -0.4 is 22.8 Å². The van der Waals surface area contributed by atoms with Gasteiger partial charge in [0.05, 0.1) is 41.6 Å². The van der Waals surface area contributed by atoms with E-state index in [-0.39, 0.29) is 29.0 Å². The van der Waals surface area contributed by atoms with Crippen LogP contribution in [0, 0.1) is 132 Å². The number of para-hydroxylation sites is 1. The van der Waals surface area contributed by atoms with Gasteiger partial charge in [0.25, 0.3) is 12.7 Å². The van der Waals surface area contributed by atoms with E-state index in [1.54, 1.807) is 6.07 Å². The quantitative estimate of drug-likeness (QED) is 0.105. The molecule has 13 nitrogen and oxygen atoms in total. The number of furan rings is 3. The van der Waals surface area contributed by atoms with Crippen LogP contribution in [0.5, 0.6) is 0 Å². The number of halogens is 2. The van der Waals surface area contributed by atoms with Crippen LogP contribution >= 0.6 is 0 Å². The molecule has 22 rings (SSSR count). The third kappa shape index (κ3) is 18.2. The minimum absolute atomic E-state index is 0.110. The van der Waals surface area contributed by atoms with Crippen molar-refractivity contribution in [2.24, 2.45) is 58.9 Å². The highest BCUT2D eigenvalue weighted by Gasteiger charge is 2.32. The standard InChI is InChI=1S/C31H29N2O.2C28H29N2O.C22H26FN2.C18H18FN2/c1-18(2)17-21-9-8-12-26-23(21)15-16-27(33(26)5)28-20(4)22-10-6-7-11-24(22)29-25-14-13-19(3)32-31(25)34-30(28)29;2*1-16(2)14-20-8-7-9-24-21(20)12-13-25(30(24)6)26-19(5)17(3)15-23-22-11-10-18(4)29-28(22)31-27(23)26;1-13(2)9-17-7-8-18-20(11-17)24-12-25(6)22(18)19-10-14(3)21(23)16(5)15(19)4;1-11-9-15(12(2)13(3)17(11)19)18-14-7-5-6-8-16(14)20-10-21(18)4/h6-16,18H,17H2,1-5H3;2*7-13,15-16H,14H2,1-6H3;7-8,10-13H,9H2,1-6H3;5-10H,1-4H3/q5*+1/i17D2;3D3,14D2;;;. The Hall–Kier alpha value is -14.7. The van der Waals surface area contributed by atoms with Crippen LogP contribution in [0.25, 0.3) is 188 Å². The van der Waals surface area contributed by atoms with Crippen LogP contribution in [0.2, 0.25) is 0 Å². The van der Waals surface area contributed by atoms with Crippen molar-refractivity contribution in [3.05, 3.63) is 343 Å². The van der Waals surface area contributed by atoms with E-state index in [9.17, 15) is 8.78 Å². The number of aryl methyl sites for hydroxylation is 13. The Morgan fingerprint density at radius 2 is 0.704 bits per heavy atom. The Balaban J connectivity index is 0.000000123. The fraction of sp³-hybridized carbons (Fsp3) is 0.276. The normalized spacial score (nSPS) is 12.8. The molecule has 142 heavy (non-hydrogen) atoms. The lowest BCUT2D eigenvalue weighted by Crippen LogP contribution is -2.32. The van der Waals surface area contributed by atoms with Gasteiger partial charge >= 0.3 is 0 Å². The molecule has 15 heteroatoms. The molecule has 0 bridgehead atoms. The zero-order valence-corrected chi connectivity index (χ0v) is 86.6. The van der Waals surface area contributed by atoms with Gasteiger partial charge in [-0.2, -0.15) is 13.7 Å². The molecule has 11 aromatic carbocycles. The van der Waals surface area contributed by atoms with Crippen molar-refractivity contribution >= 4 is 131 Å². The minimum Gasteiger partial charge on any atom is -0.437 e. The average Bonchev–Trinajstić information content (AvgIpc) is 1.49. The number of pyridine rings is 6. The third-order valence-corrected chi connectivity index (χ3v) is 28.3. The van der Waals surface area contributed by atoms with Gasteiger partial charge in [-0.25, -0.2) is 32.9 Å². The molecule has 11 aromatic heterocycles. The molecule has 0 radical (unpaired) electrons. The minimum atomic E-state index is -2.30. The molecule has 716 valence electrons. The molecule has 0 N–H and O–H groups in total. The first-order chi connectivity index (χ1) is 70.7. The number of aromatic nitrogens is 10. The second kappa shape index (κ2) is 39.4. The summed E-state index contributed by atoms with van der Waals surface area (Å²) in [7, 11) is 10.1. The predicted molar refractivity (Wildman–Crippen MR) is 582 cm³/mol. The molecule has 0 aliphatic carbocycles. The molecule has 0 fully saturated rings. The van der Waals surface area contributed by atoms with E-state index in [0.717, 1.165) is 196 Å². The lowest BCUT2D eigenvalue weighted by atomic mass is 9.92. The first-order valence-corrected chi connectivity index (χ1v) is 49.3. The Morgan fingerprint density at radius 3 is 1.18 bits per heavy atom. The van der Waals surface area contributed by atoms with Crippen LogP contribution in [0.4, 0.5) is 8.78 Å². The Bertz CT molecular complexity index is 9190. The number of hydrogen-bond donors (Lipinski definition) is 0. The molecular formula is C127H131F2N10O3+5. The molecule has 0 atom stereocenters. The van der Waals surface area contributed by atoms with Crippen molar-refractivity contribution in [1.29, 1.82) is 0 Å². The summed E-state index contributed by atoms with van der Waals surface area (Å²) in [4.78, 5) is 22.9. The zero-order chi connectivity index (χ0) is 107. The molecule has 0 aliphatic rings. The summed E-state index contributed by atoms with van der Waals surface area (Å²) in [5, 5.41) is 13.4. The van der Waals surface area contributed by atoms with Crippen LogP contribution in [-0.4, -0.2) is 24.9 Å². The van der Waals surface area contributed by atoms with Crippen molar-refractivity contribution < 1.29 is 54.5 Å². The van der Waals surface area contributed by atoms with Gasteiger partial charge in [-0.15, -0.1) is 0 Å². The molecule has 0 aliphatic heterocycles. The van der Waals surface area contributed by atoms with E-state index in [0.29, 0.717) is 73.3 Å². The van der Waals surface area contributed by atoms with E-state index in [1.165, 1.54) is 38.5 Å². The first-order valence-electron chi connectivity index (χ1n) is 52.8. The van der Waals surface area contributed by atoms with Crippen LogP contribution in [-0.2, 0) is 60.8 Å². The fourth-order valence-corrected chi connectivity index (χ4v) is 20.8. The molecule has 0 saturated heterocycles. The number of benzene rings is 11. The number of hydrogen-bond acceptors (Lipinski definition) is 8. The van der Waals surface area contributed by atoms with Gasteiger partial charge in [-0.05, 0) is 353 Å². The highest BCUT2D eigenvalue weighted by Crippen LogP contribution is 2.46. The predicted octanol–water partition coefficient (Wildman–Crippen LogP) is 29.9. The van der Waals surface area contributed by atoms with Crippen molar-refractivity contribution in [2.45, 2.75) is 178 Å². The Labute approximate surface area is 842 Å². The van der Waals surface area contributed by atoms with Crippen molar-refractivity contribution in [3.63, 3.8) is 0 Å².